The first-order valence-electron chi connectivity index (χ1n) is 6.06. The van der Waals surface area contributed by atoms with Gasteiger partial charge in [0.25, 0.3) is 6.48 Å². The second kappa shape index (κ2) is 8.31. The van der Waals surface area contributed by atoms with Crippen LogP contribution in [0.15, 0.2) is 12.1 Å². The van der Waals surface area contributed by atoms with Gasteiger partial charge in [-0.1, -0.05) is 0 Å². The predicted molar refractivity (Wildman–Crippen MR) is 66.7 cm³/mol. The Balaban J connectivity index is 2.48. The largest absolute Gasteiger partial charge is 0.378 e. The Bertz CT molecular complexity index is 375. The third-order valence-corrected chi connectivity index (χ3v) is 3.58. The van der Waals surface area contributed by atoms with E-state index in [2.05, 4.69) is 0 Å². The van der Waals surface area contributed by atoms with Crippen LogP contribution in [0.25, 0.3) is 0 Å². The molecular formula is C12H17F3O3Si. The molecule has 0 bridgehead atoms. The summed E-state index contributed by atoms with van der Waals surface area (Å²) in [5, 5.41) is 0. The van der Waals surface area contributed by atoms with Crippen molar-refractivity contribution in [3.05, 3.63) is 35.1 Å². The molecule has 1 aromatic rings. The first-order valence-corrected chi connectivity index (χ1v) is 7.64. The fraction of sp³-hybridized carbons (Fsp3) is 0.500. The van der Waals surface area contributed by atoms with Gasteiger partial charge in [0.1, 0.15) is 0 Å². The summed E-state index contributed by atoms with van der Waals surface area (Å²) in [6.45, 7) is 3.76. The number of rotatable bonds is 8. The van der Waals surface area contributed by atoms with Gasteiger partial charge in [-0.3, -0.25) is 0 Å². The third kappa shape index (κ3) is 5.31. The first-order chi connectivity index (χ1) is 9.08. The molecule has 0 saturated carbocycles. The molecule has 1 aromatic carbocycles. The number of ether oxygens (including phenoxy) is 2. The molecule has 0 saturated heterocycles. The van der Waals surface area contributed by atoms with E-state index in [9.17, 15) is 13.2 Å². The predicted octanol–water partition coefficient (Wildman–Crippen LogP) is 2.06. The van der Waals surface area contributed by atoms with Crippen LogP contribution in [0.5, 0.6) is 0 Å². The van der Waals surface area contributed by atoms with Crippen LogP contribution in [-0.4, -0.2) is 29.5 Å². The number of hydrogen-bond acceptors (Lipinski definition) is 3. The van der Waals surface area contributed by atoms with Crippen LogP contribution in [0.2, 0.25) is 0 Å². The van der Waals surface area contributed by atoms with Crippen LogP contribution >= 0.6 is 0 Å². The molecule has 19 heavy (non-hydrogen) atoms. The molecule has 0 aliphatic carbocycles. The molecule has 3 nitrogen and oxygen atoms in total. The summed E-state index contributed by atoms with van der Waals surface area (Å²) in [7, 11) is -1.13. The highest BCUT2D eigenvalue weighted by Gasteiger charge is 2.12. The van der Waals surface area contributed by atoms with Crippen LogP contribution in [-0.2, 0) is 19.9 Å². The highest BCUT2D eigenvalue weighted by atomic mass is 28.2. The Labute approximate surface area is 112 Å². The molecule has 0 fully saturated rings. The molecule has 0 radical (unpaired) electrons. The van der Waals surface area contributed by atoms with Crippen LogP contribution in [0.4, 0.5) is 13.2 Å². The van der Waals surface area contributed by atoms with Crippen molar-refractivity contribution in [2.75, 3.05) is 13.2 Å². The Morgan fingerprint density at radius 1 is 1.05 bits per heavy atom. The molecule has 108 valence electrons. The number of hydrogen-bond donors (Lipinski definition) is 0. The van der Waals surface area contributed by atoms with Gasteiger partial charge in [-0.25, -0.2) is 13.2 Å². The molecule has 1 rings (SSSR count). The van der Waals surface area contributed by atoms with Gasteiger partial charge >= 0.3 is 0 Å². The standard InChI is InChI=1S/C12H17F3O3Si/c1-3-16-12(17-4-2)18-19-7-8-5-9(13)11(15)10(14)6-8/h5-6,12H,3-4,7,19H2,1-2H3. The van der Waals surface area contributed by atoms with Gasteiger partial charge in [-0.05, 0) is 37.6 Å². The van der Waals surface area contributed by atoms with E-state index < -0.39 is 33.7 Å². The molecule has 0 amide bonds. The van der Waals surface area contributed by atoms with Crippen molar-refractivity contribution in [3.63, 3.8) is 0 Å². The molecule has 0 aliphatic heterocycles. The van der Waals surface area contributed by atoms with Gasteiger partial charge < -0.3 is 13.9 Å². The average molecular weight is 294 g/mol. The molecule has 0 heterocycles. The van der Waals surface area contributed by atoms with Crippen molar-refractivity contribution >= 4 is 9.76 Å². The van der Waals surface area contributed by atoms with Crippen molar-refractivity contribution in [1.82, 2.24) is 0 Å². The summed E-state index contributed by atoms with van der Waals surface area (Å²) in [6.07, 6.45) is 0. The van der Waals surface area contributed by atoms with Crippen molar-refractivity contribution < 1.29 is 27.1 Å². The molecule has 7 heteroatoms. The summed E-state index contributed by atoms with van der Waals surface area (Å²) in [4.78, 5) is 0. The Morgan fingerprint density at radius 3 is 2.05 bits per heavy atom. The van der Waals surface area contributed by atoms with E-state index in [-0.39, 0.29) is 0 Å². The topological polar surface area (TPSA) is 27.7 Å². The average Bonchev–Trinajstić information content (AvgIpc) is 2.36. The lowest BCUT2D eigenvalue weighted by Crippen LogP contribution is -2.24. The SMILES string of the molecule is CCOC(OCC)O[SiH2]Cc1cc(F)c(F)c(F)c1. The summed E-state index contributed by atoms with van der Waals surface area (Å²) in [5.74, 6) is -3.82. The van der Waals surface area contributed by atoms with Gasteiger partial charge in [0.15, 0.2) is 27.2 Å². The van der Waals surface area contributed by atoms with Gasteiger partial charge in [0.2, 0.25) is 0 Å². The minimum atomic E-state index is -1.45. The minimum absolute atomic E-state index is 0.366. The summed E-state index contributed by atoms with van der Waals surface area (Å²) < 4.78 is 54.4. The van der Waals surface area contributed by atoms with E-state index in [4.69, 9.17) is 13.9 Å². The zero-order chi connectivity index (χ0) is 14.3. The van der Waals surface area contributed by atoms with Crippen molar-refractivity contribution in [3.8, 4) is 0 Å². The normalized spacial score (nSPS) is 11.9. The maximum Gasteiger partial charge on any atom is 0.261 e. The van der Waals surface area contributed by atoms with E-state index in [0.29, 0.717) is 24.8 Å². The van der Waals surface area contributed by atoms with E-state index in [1.807, 2.05) is 13.8 Å². The lowest BCUT2D eigenvalue weighted by Gasteiger charge is -2.17. The van der Waals surface area contributed by atoms with Crippen LogP contribution in [0.3, 0.4) is 0 Å². The Hall–Kier alpha value is -0.893. The molecule has 0 aliphatic rings. The molecule has 0 aromatic heterocycles. The highest BCUT2D eigenvalue weighted by molar-refractivity contribution is 6.26. The van der Waals surface area contributed by atoms with Crippen molar-refractivity contribution in [2.45, 2.75) is 26.4 Å². The smallest absolute Gasteiger partial charge is 0.261 e. The Kier molecular flexibility index (Phi) is 7.07. The third-order valence-electron chi connectivity index (χ3n) is 2.29. The maximum absolute atomic E-state index is 13.0. The molecule has 0 atom stereocenters. The van der Waals surface area contributed by atoms with E-state index in [1.165, 1.54) is 0 Å². The van der Waals surface area contributed by atoms with Crippen LogP contribution in [0, 0.1) is 17.5 Å². The van der Waals surface area contributed by atoms with Crippen LogP contribution in [0.1, 0.15) is 19.4 Å². The lowest BCUT2D eigenvalue weighted by molar-refractivity contribution is -0.243. The zero-order valence-electron chi connectivity index (χ0n) is 10.9. The second-order valence-electron chi connectivity index (χ2n) is 3.69. The van der Waals surface area contributed by atoms with Gasteiger partial charge in [-0.2, -0.15) is 0 Å². The number of benzene rings is 1. The summed E-state index contributed by atoms with van der Waals surface area (Å²) >= 11 is 0. The van der Waals surface area contributed by atoms with E-state index in [1.54, 1.807) is 0 Å². The van der Waals surface area contributed by atoms with Gasteiger partial charge in [0.05, 0.1) is 0 Å². The van der Waals surface area contributed by atoms with Gasteiger partial charge in [0, 0.05) is 13.2 Å². The van der Waals surface area contributed by atoms with Crippen molar-refractivity contribution in [1.29, 1.82) is 0 Å². The fourth-order valence-electron chi connectivity index (χ4n) is 1.44. The Morgan fingerprint density at radius 2 is 1.58 bits per heavy atom. The van der Waals surface area contributed by atoms with E-state index >= 15 is 0 Å². The second-order valence-corrected chi connectivity index (χ2v) is 4.94. The molecule has 0 unspecified atom stereocenters. The lowest BCUT2D eigenvalue weighted by atomic mass is 10.2. The highest BCUT2D eigenvalue weighted by Crippen LogP contribution is 2.14. The van der Waals surface area contributed by atoms with E-state index in [0.717, 1.165) is 12.1 Å². The van der Waals surface area contributed by atoms with Crippen LogP contribution < -0.4 is 0 Å². The molecule has 0 spiro atoms. The number of halogens is 3. The quantitative estimate of drug-likeness (QED) is 0.417. The maximum atomic E-state index is 13.0. The first kappa shape index (κ1) is 16.2. The minimum Gasteiger partial charge on any atom is -0.378 e. The molecular weight excluding hydrogens is 277 g/mol. The van der Waals surface area contributed by atoms with Gasteiger partial charge in [-0.15, -0.1) is 0 Å². The zero-order valence-corrected chi connectivity index (χ0v) is 12.3. The monoisotopic (exact) mass is 294 g/mol. The molecule has 0 N–H and O–H groups in total. The van der Waals surface area contributed by atoms with Crippen molar-refractivity contribution in [2.24, 2.45) is 0 Å². The fourth-order valence-corrected chi connectivity index (χ4v) is 2.47. The summed E-state index contributed by atoms with van der Waals surface area (Å²) in [5.41, 5.74) is 0.370. The summed E-state index contributed by atoms with van der Waals surface area (Å²) in [6, 6.07) is 2.32.